The first-order valence-corrected chi connectivity index (χ1v) is 16.6. The molecule has 0 bridgehead atoms. The fourth-order valence-electron chi connectivity index (χ4n) is 5.89. The molecule has 0 saturated heterocycles. The minimum absolute atomic E-state index is 0.00789. The molecule has 0 aromatic carbocycles. The van der Waals surface area contributed by atoms with Crippen molar-refractivity contribution in [3.63, 3.8) is 0 Å². The molecule has 1 aliphatic rings. The molecule has 6 nitrogen and oxygen atoms in total. The normalized spacial score (nSPS) is 21.5. The van der Waals surface area contributed by atoms with E-state index in [0.29, 0.717) is 19.3 Å². The topological polar surface area (TPSA) is 87.3 Å². The predicted octanol–water partition coefficient (Wildman–Crippen LogP) is 7.44. The second kappa shape index (κ2) is 21.2. The summed E-state index contributed by atoms with van der Waals surface area (Å²) in [7, 11) is 0. The van der Waals surface area contributed by atoms with Crippen molar-refractivity contribution in [1.82, 2.24) is 16.0 Å². The van der Waals surface area contributed by atoms with Gasteiger partial charge in [-0.3, -0.25) is 14.4 Å². The third-order valence-electron chi connectivity index (χ3n) is 8.46. The molecule has 0 aliphatic heterocycles. The lowest BCUT2D eigenvalue weighted by atomic mass is 9.73. The minimum atomic E-state index is -0.303. The second-order valence-corrected chi connectivity index (χ2v) is 12.6. The quantitative estimate of drug-likeness (QED) is 0.130. The Morgan fingerprint density at radius 3 is 0.974 bits per heavy atom. The van der Waals surface area contributed by atoms with Gasteiger partial charge in [0.25, 0.3) is 0 Å². The monoisotopic (exact) mass is 549 g/mol. The number of carbonyl (C=O) groups excluding carboxylic acids is 3. The van der Waals surface area contributed by atoms with E-state index in [1.807, 2.05) is 0 Å². The lowest BCUT2D eigenvalue weighted by Gasteiger charge is -2.34. The smallest absolute Gasteiger partial charge is 0.223 e. The molecule has 1 rings (SSSR count). The Kier molecular flexibility index (Phi) is 19.3. The Morgan fingerprint density at radius 1 is 0.487 bits per heavy atom. The van der Waals surface area contributed by atoms with Crippen molar-refractivity contribution in [3.8, 4) is 0 Å². The third-order valence-corrected chi connectivity index (χ3v) is 8.46. The Balaban J connectivity index is 2.79. The van der Waals surface area contributed by atoms with E-state index in [0.717, 1.165) is 38.5 Å². The number of amides is 3. The number of unbranched alkanes of at least 4 members (excludes halogenated alkanes) is 9. The molecule has 0 aromatic heterocycles. The highest BCUT2D eigenvalue weighted by Gasteiger charge is 2.39. The molecule has 0 unspecified atom stereocenters. The van der Waals surface area contributed by atoms with Gasteiger partial charge >= 0.3 is 0 Å². The predicted molar refractivity (Wildman–Crippen MR) is 163 cm³/mol. The Bertz CT molecular complexity index is 587. The van der Waals surface area contributed by atoms with Gasteiger partial charge < -0.3 is 16.0 Å². The summed E-state index contributed by atoms with van der Waals surface area (Å²) in [5.74, 6) is -0.884. The van der Waals surface area contributed by atoms with Crippen molar-refractivity contribution in [2.75, 3.05) is 0 Å². The lowest BCUT2D eigenvalue weighted by molar-refractivity contribution is -0.135. The van der Waals surface area contributed by atoms with Crippen LogP contribution in [0.4, 0.5) is 0 Å². The molecule has 3 amide bonds. The largest absolute Gasteiger partial charge is 0.353 e. The van der Waals surface area contributed by atoms with Gasteiger partial charge in [0.1, 0.15) is 0 Å². The zero-order chi connectivity index (χ0) is 29.0. The molecule has 1 saturated carbocycles. The SMILES string of the molecule is CCCCCC[C@H](C)NC(=O)C1CC(C(=O)N[C@@H](C)CCCCCC)CC(C(=O)N[C@@H](C)CCCCCC)C1. The van der Waals surface area contributed by atoms with E-state index in [4.69, 9.17) is 0 Å². The molecule has 6 heteroatoms. The van der Waals surface area contributed by atoms with Crippen LogP contribution in [-0.4, -0.2) is 35.8 Å². The van der Waals surface area contributed by atoms with E-state index < -0.39 is 0 Å². The van der Waals surface area contributed by atoms with E-state index in [9.17, 15) is 14.4 Å². The maximum absolute atomic E-state index is 13.3. The molecule has 0 spiro atoms. The zero-order valence-corrected chi connectivity index (χ0v) is 26.4. The first-order valence-electron chi connectivity index (χ1n) is 16.6. The molecule has 228 valence electrons. The number of nitrogens with one attached hydrogen (secondary N) is 3. The molecule has 3 atom stereocenters. The fraction of sp³-hybridized carbons (Fsp3) is 0.909. The van der Waals surface area contributed by atoms with Crippen molar-refractivity contribution >= 4 is 17.7 Å². The van der Waals surface area contributed by atoms with E-state index in [1.54, 1.807) is 0 Å². The highest BCUT2D eigenvalue weighted by atomic mass is 16.2. The highest BCUT2D eigenvalue weighted by molar-refractivity contribution is 5.86. The van der Waals surface area contributed by atoms with Gasteiger partial charge in [-0.25, -0.2) is 0 Å². The molecule has 0 heterocycles. The molecular weight excluding hydrogens is 486 g/mol. The van der Waals surface area contributed by atoms with Crippen LogP contribution in [0.3, 0.4) is 0 Å². The van der Waals surface area contributed by atoms with Crippen LogP contribution in [0.1, 0.15) is 157 Å². The van der Waals surface area contributed by atoms with Crippen LogP contribution in [0.15, 0.2) is 0 Å². The van der Waals surface area contributed by atoms with Gasteiger partial charge in [-0.1, -0.05) is 97.8 Å². The summed E-state index contributed by atoms with van der Waals surface area (Å²) in [6.07, 6.45) is 18.7. The Morgan fingerprint density at radius 2 is 0.744 bits per heavy atom. The minimum Gasteiger partial charge on any atom is -0.353 e. The molecule has 1 aliphatic carbocycles. The van der Waals surface area contributed by atoms with E-state index in [2.05, 4.69) is 57.5 Å². The van der Waals surface area contributed by atoms with Crippen LogP contribution in [0.5, 0.6) is 0 Å². The van der Waals surface area contributed by atoms with Gasteiger partial charge in [0.05, 0.1) is 0 Å². The molecule has 39 heavy (non-hydrogen) atoms. The van der Waals surface area contributed by atoms with Gasteiger partial charge in [0, 0.05) is 35.9 Å². The number of carbonyl (C=O) groups is 3. The molecule has 0 aromatic rings. The van der Waals surface area contributed by atoms with Crippen molar-refractivity contribution in [2.24, 2.45) is 17.8 Å². The average Bonchev–Trinajstić information content (AvgIpc) is 2.91. The summed E-state index contributed by atoms with van der Waals surface area (Å²) in [6, 6.07) is 0.339. The van der Waals surface area contributed by atoms with Crippen LogP contribution < -0.4 is 16.0 Å². The van der Waals surface area contributed by atoms with Gasteiger partial charge in [0.15, 0.2) is 0 Å². The first-order chi connectivity index (χ1) is 18.7. The lowest BCUT2D eigenvalue weighted by Crippen LogP contribution is -2.48. The first kappa shape index (κ1) is 35.4. The maximum Gasteiger partial charge on any atom is 0.223 e. The van der Waals surface area contributed by atoms with Gasteiger partial charge in [-0.05, 0) is 59.3 Å². The van der Waals surface area contributed by atoms with Crippen LogP contribution in [0.25, 0.3) is 0 Å². The van der Waals surface area contributed by atoms with Gasteiger partial charge in [-0.15, -0.1) is 0 Å². The summed E-state index contributed by atoms with van der Waals surface area (Å²) in [4.78, 5) is 39.9. The molecule has 0 radical (unpaired) electrons. The zero-order valence-electron chi connectivity index (χ0n) is 26.4. The van der Waals surface area contributed by atoms with Crippen LogP contribution in [0.2, 0.25) is 0 Å². The summed E-state index contributed by atoms with van der Waals surface area (Å²) in [5, 5.41) is 9.61. The number of hydrogen-bond acceptors (Lipinski definition) is 3. The summed E-state index contributed by atoms with van der Waals surface area (Å²) in [6.45, 7) is 12.8. The molecular formula is C33H63N3O3. The van der Waals surface area contributed by atoms with Crippen LogP contribution in [0, 0.1) is 17.8 Å². The standard InChI is InChI=1S/C33H63N3O3/c1-7-10-13-16-19-25(4)34-31(37)28-22-29(32(38)35-26(5)20-17-14-11-8-2)24-30(23-28)33(39)36-27(6)21-18-15-12-9-3/h25-30H,7-24H2,1-6H3,(H,34,37)(H,35,38)(H,36,39)/t25-,26-,27-,28?,29?,30?/m0/s1. The Hall–Kier alpha value is -1.59. The summed E-state index contributed by atoms with van der Waals surface area (Å²) >= 11 is 0. The fourth-order valence-corrected chi connectivity index (χ4v) is 5.89. The number of hydrogen-bond donors (Lipinski definition) is 3. The maximum atomic E-state index is 13.3. The molecule has 3 N–H and O–H groups in total. The van der Waals surface area contributed by atoms with Crippen molar-refractivity contribution in [1.29, 1.82) is 0 Å². The van der Waals surface area contributed by atoms with Crippen LogP contribution in [-0.2, 0) is 14.4 Å². The summed E-state index contributed by atoms with van der Waals surface area (Å²) < 4.78 is 0. The van der Waals surface area contributed by atoms with Crippen molar-refractivity contribution < 1.29 is 14.4 Å². The van der Waals surface area contributed by atoms with E-state index >= 15 is 0 Å². The highest BCUT2D eigenvalue weighted by Crippen LogP contribution is 2.34. The second-order valence-electron chi connectivity index (χ2n) is 12.6. The summed E-state index contributed by atoms with van der Waals surface area (Å²) in [5.41, 5.74) is 0. The van der Waals surface area contributed by atoms with Crippen molar-refractivity contribution in [3.05, 3.63) is 0 Å². The van der Waals surface area contributed by atoms with E-state index in [1.165, 1.54) is 57.8 Å². The van der Waals surface area contributed by atoms with Crippen LogP contribution >= 0.6 is 0 Å². The Labute approximate surface area is 241 Å². The van der Waals surface area contributed by atoms with Gasteiger partial charge in [-0.2, -0.15) is 0 Å². The third kappa shape index (κ3) is 15.7. The van der Waals surface area contributed by atoms with Crippen molar-refractivity contribution in [2.45, 2.75) is 175 Å². The average molecular weight is 550 g/mol. The van der Waals surface area contributed by atoms with Gasteiger partial charge in [0.2, 0.25) is 17.7 Å². The van der Waals surface area contributed by atoms with E-state index in [-0.39, 0.29) is 53.6 Å². The number of rotatable bonds is 21. The molecule has 1 fully saturated rings.